The van der Waals surface area contributed by atoms with Crippen LogP contribution in [0.15, 0.2) is 137 Å². The zero-order chi connectivity index (χ0) is 111. The first-order valence-corrected chi connectivity index (χ1v) is 54.0. The van der Waals surface area contributed by atoms with Gasteiger partial charge < -0.3 is 44.1 Å². The molecule has 13 rings (SSSR count). The highest BCUT2D eigenvalue weighted by atomic mass is 79.9. The second kappa shape index (κ2) is 69.7. The fourth-order valence-electron chi connectivity index (χ4n) is 11.7. The molecule has 0 saturated carbocycles. The largest absolute Gasteiger partial charge is 0.464 e. The molecule has 0 aliphatic carbocycles. The summed E-state index contributed by atoms with van der Waals surface area (Å²) in [4.78, 5) is 162. The second-order valence-electron chi connectivity index (χ2n) is 31.2. The van der Waals surface area contributed by atoms with Crippen LogP contribution < -0.4 is 0 Å². The van der Waals surface area contributed by atoms with Crippen LogP contribution in [0.5, 0.6) is 0 Å². The average Bonchev–Trinajstić information content (AvgIpc) is 1.64. The summed E-state index contributed by atoms with van der Waals surface area (Å²) in [7, 11) is 2.25. The van der Waals surface area contributed by atoms with Crippen LogP contribution in [0.3, 0.4) is 0 Å². The molecule has 1 saturated heterocycles. The van der Waals surface area contributed by atoms with Gasteiger partial charge in [0.25, 0.3) is 0 Å². The molecule has 800 valence electrons. The first kappa shape index (κ1) is 131. The van der Waals surface area contributed by atoms with Gasteiger partial charge >= 0.3 is 30.0 Å². The molecule has 2 aliphatic heterocycles. The minimum Gasteiger partial charge on any atom is -0.464 e. The number of imide groups is 1. The molecular weight excluding hydrogens is 2200 g/mol. The van der Waals surface area contributed by atoms with Crippen LogP contribution in [0.25, 0.3) is 42.5 Å². The van der Waals surface area contributed by atoms with Crippen LogP contribution in [0.4, 0.5) is 35.5 Å². The van der Waals surface area contributed by atoms with Gasteiger partial charge in [-0.05, 0) is 133 Å². The Morgan fingerprint density at radius 2 is 0.851 bits per heavy atom. The number of thiazole rings is 10. The number of aliphatic hydroxyl groups excluding tert-OH is 4. The molecule has 49 heteroatoms. The number of carbonyl (C=O) groups is 11. The van der Waals surface area contributed by atoms with E-state index in [1.54, 1.807) is 95.3 Å². The number of cyclic esters (lactones) is 2. The van der Waals surface area contributed by atoms with Crippen molar-refractivity contribution in [1.82, 2.24) is 54.7 Å². The predicted molar refractivity (Wildman–Crippen MR) is 571 cm³/mol. The second-order valence-corrected chi connectivity index (χ2v) is 42.4. The molecule has 7 atom stereocenters. The lowest BCUT2D eigenvalue weighted by Crippen LogP contribution is -2.45. The third-order valence-electron chi connectivity index (χ3n) is 19.0. The predicted octanol–water partition coefficient (Wildman–Crippen LogP) is 23.1. The number of Topliss-reactive ketones (excluding diaryl/α,β-unsaturated/α-hetero) is 1. The fourth-order valence-corrected chi connectivity index (χ4v) is 17.7. The van der Waals surface area contributed by atoms with Crippen LogP contribution in [0.2, 0.25) is 0 Å². The van der Waals surface area contributed by atoms with Crippen molar-refractivity contribution in [3.63, 3.8) is 0 Å². The van der Waals surface area contributed by atoms with Gasteiger partial charge in [0, 0.05) is 96.5 Å². The van der Waals surface area contributed by atoms with Crippen molar-refractivity contribution in [3.8, 4) is 0 Å². The van der Waals surface area contributed by atoms with Crippen LogP contribution in [0, 0.1) is 86.5 Å². The first-order valence-electron chi connectivity index (χ1n) is 44.1. The van der Waals surface area contributed by atoms with E-state index < -0.39 is 114 Å². The molecule has 12 heterocycles. The molecule has 10 aromatic heterocycles. The molecule has 0 spiro atoms. The zero-order valence-electron chi connectivity index (χ0n) is 83.8. The standard InChI is InChI=1S/C26H38FNO5S.C12H12BrNO3.2C8H8FNO2S.2C7H8FNOS.2C7H6FNOS.C7H9NO2S.2C5H5NOS/c1-15-8-7-9-16(2)24(31)17(3)25(32)26(5,6)22(29)13-23(30)33-21(11-10-15)20(27)12-19-14-34-18(4)28-19;1-8-11(9-5-3-2-4-6-9)17-12(16)14(8)10(15)7-13;2*1-5-10-6(4-13-5)3-7(9)8(11)12-2;4*1-5-9-7(4-11-5)2-6(8)3-10;1-3-10-7(9)6-4-11-5(2)8-6;2*1-4-6-5(2-7)3-8-4/h10,12,14,16-17,21-22,24,29,31H,7-9,11,13H2,1-6H3;2-6,8,11H,7H2,1H3;2*3-4H,1-2H3;2*2,4,10H,3H2,1H3;2*2-4H,1H3;4H,3H2,1-2H3;2*2-3H,1H3/b15-10-,20-12-;;2*7-3-;4*6-2-;;;/t16-,17+,21-,22-,24-;8-,11-;;;;;;;;;/m00........./s1. The third-order valence-corrected chi connectivity index (χ3v) is 27.4. The van der Waals surface area contributed by atoms with E-state index in [1.807, 2.05) is 113 Å². The van der Waals surface area contributed by atoms with Crippen molar-refractivity contribution in [2.45, 2.75) is 180 Å². The van der Waals surface area contributed by atoms with Gasteiger partial charge in [-0.15, -0.1) is 113 Å². The molecule has 1 fully saturated rings. The number of amides is 2. The van der Waals surface area contributed by atoms with E-state index in [-0.39, 0.29) is 60.0 Å². The maximum atomic E-state index is 15.1. The summed E-state index contributed by atoms with van der Waals surface area (Å²) >= 11 is 17.4. The highest BCUT2D eigenvalue weighted by molar-refractivity contribution is 9.09. The molecule has 2 amide bonds. The Morgan fingerprint density at radius 1 is 0.500 bits per heavy atom. The number of esters is 4. The van der Waals surface area contributed by atoms with E-state index >= 15 is 4.39 Å². The number of aryl methyl sites for hydroxylation is 10. The summed E-state index contributed by atoms with van der Waals surface area (Å²) in [5.74, 6) is -9.71. The molecule has 4 N–H and O–H groups in total. The number of hydrogen-bond donors (Lipinski definition) is 4. The molecule has 0 unspecified atom stereocenters. The van der Waals surface area contributed by atoms with Gasteiger partial charge in [0.05, 0.1) is 159 Å². The van der Waals surface area contributed by atoms with Crippen LogP contribution in [-0.2, 0) is 57.2 Å². The van der Waals surface area contributed by atoms with E-state index in [2.05, 4.69) is 75.2 Å². The van der Waals surface area contributed by atoms with Crippen molar-refractivity contribution in [3.05, 3.63) is 249 Å². The number of benzene rings is 1. The smallest absolute Gasteiger partial charge is 0.417 e. The Kier molecular flexibility index (Phi) is 61.5. The monoisotopic (exact) mass is 2310 g/mol. The van der Waals surface area contributed by atoms with Gasteiger partial charge in [-0.1, -0.05) is 85.6 Å². The number of aromatic nitrogens is 10. The fraction of sp³-hybridized carbons (Fsp3) is 0.364. The Bertz CT molecular complexity index is 6100. The summed E-state index contributed by atoms with van der Waals surface area (Å²) in [6, 6.07) is 9.14. The third kappa shape index (κ3) is 50.2. The summed E-state index contributed by atoms with van der Waals surface area (Å²) < 4.78 is 114. The number of alkyl halides is 1. The van der Waals surface area contributed by atoms with Gasteiger partial charge in [0.15, 0.2) is 48.6 Å². The number of halogens is 8. The molecule has 148 heavy (non-hydrogen) atoms. The number of nitrogens with zero attached hydrogens (tertiary/aromatic N) is 11. The average molecular weight is 2310 g/mol. The van der Waals surface area contributed by atoms with Gasteiger partial charge in [0.1, 0.15) is 40.8 Å². The van der Waals surface area contributed by atoms with E-state index in [4.69, 9.17) is 24.4 Å². The van der Waals surface area contributed by atoms with Gasteiger partial charge in [0.2, 0.25) is 17.6 Å². The van der Waals surface area contributed by atoms with Crippen molar-refractivity contribution in [1.29, 1.82) is 0 Å². The van der Waals surface area contributed by atoms with Crippen LogP contribution >= 0.6 is 129 Å². The van der Waals surface area contributed by atoms with Crippen molar-refractivity contribution >= 4 is 239 Å². The normalized spacial score (nSPS) is 17.3. The van der Waals surface area contributed by atoms with Crippen LogP contribution in [0.1, 0.15) is 214 Å². The number of aldehydes is 4. The molecule has 0 bridgehead atoms. The number of ether oxygens (including phenoxy) is 5. The van der Waals surface area contributed by atoms with E-state index in [0.29, 0.717) is 63.5 Å². The Balaban J connectivity index is 0.000000432. The number of rotatable bonds is 20. The summed E-state index contributed by atoms with van der Waals surface area (Å²) in [6.45, 7) is 29.8. The Morgan fingerprint density at radius 3 is 1.17 bits per heavy atom. The van der Waals surface area contributed by atoms with Crippen molar-refractivity contribution in [2.75, 3.05) is 39.4 Å². The maximum absolute atomic E-state index is 15.1. The lowest BCUT2D eigenvalue weighted by atomic mass is 9.73. The van der Waals surface area contributed by atoms with Crippen molar-refractivity contribution in [2.24, 2.45) is 17.3 Å². The van der Waals surface area contributed by atoms with Crippen LogP contribution in [-0.4, -0.2) is 206 Å². The SMILES string of the molecule is C/C1=C/C[C@@H](/C(F)=C/c2csc(C)n2)OC(=O)C[C@H](O)C(C)(C)C(=O)[C@H](C)[C@@H](O)[C@@H](C)CCC1.CCOC(=O)c1csc(C)n1.COC(=O)/C(F)=C/c1csc(C)n1.COC(=O)/C(F)=C/c1csc(C)n1.C[C@H]1[C@@H](c2ccccc2)OC(=O)N1C(=O)CBr.Cc1nc(/C=C(\F)C=O)cs1.Cc1nc(/C=C(\F)C=O)cs1.Cc1nc(/C=C(\F)CO)cs1.Cc1nc(/C=C(\F)CO)cs1.Cc1nc(C=O)cs1.Cc1nc(C=O)cs1. The zero-order valence-corrected chi connectivity index (χ0v) is 93.6. The Hall–Kier alpha value is -11.6. The van der Waals surface area contributed by atoms with Crippen molar-refractivity contribution < 1.29 is 128 Å². The van der Waals surface area contributed by atoms with E-state index in [1.165, 1.54) is 132 Å². The minimum atomic E-state index is -1.34. The molecule has 2 aliphatic rings. The summed E-state index contributed by atoms with van der Waals surface area (Å²) in [5, 5.41) is 64.0. The Labute approximate surface area is 899 Å². The number of aliphatic hydroxyl groups is 4. The minimum absolute atomic E-state index is 0.104. The molecule has 31 nitrogen and oxygen atoms in total. The molecule has 0 radical (unpaired) electrons. The van der Waals surface area contributed by atoms with Gasteiger partial charge in [-0.3, -0.25) is 33.6 Å². The molecular formula is C99H113BrF7N11O20S10. The quantitative estimate of drug-likeness (QED) is 0.0105. The lowest BCUT2D eigenvalue weighted by molar-refractivity contribution is -0.155. The molecule has 11 aromatic rings. The highest BCUT2D eigenvalue weighted by Gasteiger charge is 2.44. The lowest BCUT2D eigenvalue weighted by Gasteiger charge is -2.34. The summed E-state index contributed by atoms with van der Waals surface area (Å²) in [6.07, 6.45) is 9.40. The number of allylic oxidation sites excluding steroid dienone is 3. The maximum Gasteiger partial charge on any atom is 0.417 e. The van der Waals surface area contributed by atoms with Gasteiger partial charge in [-0.2, -0.15) is 8.78 Å². The van der Waals surface area contributed by atoms with Gasteiger partial charge in [-0.25, -0.2) is 95.9 Å². The first-order chi connectivity index (χ1) is 70.0. The highest BCUT2D eigenvalue weighted by Crippen LogP contribution is 2.35. The molecule has 1 aromatic carbocycles. The number of ketones is 1. The van der Waals surface area contributed by atoms with E-state index in [0.717, 1.165) is 136 Å². The topological polar surface area (TPSA) is 447 Å². The van der Waals surface area contributed by atoms with E-state index in [9.17, 15) is 89.3 Å². The number of carbonyl (C=O) groups excluding carboxylic acids is 11. The summed E-state index contributed by atoms with van der Waals surface area (Å²) in [5.41, 5.74) is 5.58. The number of methoxy groups -OCH3 is 2. The number of hydrogen-bond acceptors (Lipinski definition) is 40.